The Labute approximate surface area is 119 Å². The summed E-state index contributed by atoms with van der Waals surface area (Å²) in [6.45, 7) is 11.8. The van der Waals surface area contributed by atoms with Crippen LogP contribution in [0, 0.1) is 19.8 Å². The third-order valence-corrected chi connectivity index (χ3v) is 4.86. The number of rotatable bonds is 4. The van der Waals surface area contributed by atoms with Gasteiger partial charge in [0.2, 0.25) is 0 Å². The van der Waals surface area contributed by atoms with Gasteiger partial charge < -0.3 is 4.90 Å². The van der Waals surface area contributed by atoms with Gasteiger partial charge in [-0.1, -0.05) is 25.1 Å². The van der Waals surface area contributed by atoms with Gasteiger partial charge in [-0.05, 0) is 82.2 Å². The monoisotopic (exact) mass is 259 g/mol. The lowest BCUT2D eigenvalue weighted by Gasteiger charge is -2.35. The number of hydrogen-bond donors (Lipinski definition) is 0. The molecule has 0 aliphatic carbocycles. The van der Waals surface area contributed by atoms with Crippen LogP contribution in [-0.4, -0.2) is 24.0 Å². The summed E-state index contributed by atoms with van der Waals surface area (Å²) in [6, 6.07) is 7.65. The van der Waals surface area contributed by atoms with Crippen molar-refractivity contribution in [2.45, 2.75) is 59.4 Å². The summed E-state index contributed by atoms with van der Waals surface area (Å²) in [4.78, 5) is 2.68. The van der Waals surface area contributed by atoms with Crippen LogP contribution < -0.4 is 0 Å². The van der Waals surface area contributed by atoms with E-state index in [1.165, 1.54) is 55.5 Å². The van der Waals surface area contributed by atoms with Crippen LogP contribution >= 0.6 is 0 Å². The molecule has 1 aromatic rings. The van der Waals surface area contributed by atoms with E-state index in [1.807, 2.05) is 0 Å². The van der Waals surface area contributed by atoms with Gasteiger partial charge in [0.15, 0.2) is 0 Å². The highest BCUT2D eigenvalue weighted by molar-refractivity contribution is 5.29. The van der Waals surface area contributed by atoms with Crippen molar-refractivity contribution in [3.8, 4) is 0 Å². The van der Waals surface area contributed by atoms with Crippen LogP contribution in [0.3, 0.4) is 0 Å². The standard InChI is InChI=1S/C18H29N/c1-14-9-11-19(12-10-14)17(4)6-8-18-7-5-15(2)16(3)13-18/h5,7,13-14,17H,6,8-12H2,1-4H3. The fourth-order valence-electron chi connectivity index (χ4n) is 2.99. The zero-order valence-electron chi connectivity index (χ0n) is 13.1. The van der Waals surface area contributed by atoms with E-state index in [0.29, 0.717) is 0 Å². The van der Waals surface area contributed by atoms with Crippen molar-refractivity contribution in [3.05, 3.63) is 34.9 Å². The normalized spacial score (nSPS) is 19.6. The maximum atomic E-state index is 2.68. The first-order chi connectivity index (χ1) is 9.06. The summed E-state index contributed by atoms with van der Waals surface area (Å²) in [5.74, 6) is 0.934. The highest BCUT2D eigenvalue weighted by Gasteiger charge is 2.19. The first-order valence-electron chi connectivity index (χ1n) is 7.86. The molecule has 1 fully saturated rings. The van der Waals surface area contributed by atoms with Crippen molar-refractivity contribution >= 4 is 0 Å². The van der Waals surface area contributed by atoms with Gasteiger partial charge in [0.25, 0.3) is 0 Å². The molecule has 1 heteroatoms. The second kappa shape index (κ2) is 6.56. The van der Waals surface area contributed by atoms with Crippen LogP contribution in [0.5, 0.6) is 0 Å². The molecule has 0 aromatic heterocycles. The van der Waals surface area contributed by atoms with E-state index >= 15 is 0 Å². The van der Waals surface area contributed by atoms with Crippen molar-refractivity contribution in [1.82, 2.24) is 4.90 Å². The molecule has 1 aliphatic rings. The number of aryl methyl sites for hydroxylation is 3. The Bertz CT molecular complexity index is 402. The maximum Gasteiger partial charge on any atom is 0.00700 e. The van der Waals surface area contributed by atoms with Crippen LogP contribution in [0.4, 0.5) is 0 Å². The quantitative estimate of drug-likeness (QED) is 0.776. The smallest absolute Gasteiger partial charge is 0.00700 e. The molecular weight excluding hydrogens is 230 g/mol. The van der Waals surface area contributed by atoms with E-state index in [1.54, 1.807) is 0 Å². The van der Waals surface area contributed by atoms with Gasteiger partial charge >= 0.3 is 0 Å². The second-order valence-corrected chi connectivity index (χ2v) is 6.52. The van der Waals surface area contributed by atoms with Crippen molar-refractivity contribution in [1.29, 1.82) is 0 Å². The number of benzene rings is 1. The zero-order chi connectivity index (χ0) is 13.8. The van der Waals surface area contributed by atoms with Crippen molar-refractivity contribution < 1.29 is 0 Å². The lowest BCUT2D eigenvalue weighted by Crippen LogP contribution is -2.39. The number of piperidine rings is 1. The van der Waals surface area contributed by atoms with E-state index in [0.717, 1.165) is 12.0 Å². The van der Waals surface area contributed by atoms with Crippen LogP contribution in [0.15, 0.2) is 18.2 Å². The van der Waals surface area contributed by atoms with Gasteiger partial charge in [0, 0.05) is 6.04 Å². The predicted molar refractivity (Wildman–Crippen MR) is 83.7 cm³/mol. The molecule has 0 radical (unpaired) electrons. The van der Waals surface area contributed by atoms with Gasteiger partial charge in [-0.15, -0.1) is 0 Å². The van der Waals surface area contributed by atoms with Gasteiger partial charge in [-0.3, -0.25) is 0 Å². The fourth-order valence-corrected chi connectivity index (χ4v) is 2.99. The SMILES string of the molecule is Cc1ccc(CCC(C)N2CCC(C)CC2)cc1C. The molecule has 1 saturated heterocycles. The van der Waals surface area contributed by atoms with Crippen molar-refractivity contribution in [3.63, 3.8) is 0 Å². The molecule has 1 aromatic carbocycles. The molecule has 1 heterocycles. The van der Waals surface area contributed by atoms with Gasteiger partial charge in [0.05, 0.1) is 0 Å². The van der Waals surface area contributed by atoms with Gasteiger partial charge in [0.1, 0.15) is 0 Å². The molecule has 2 rings (SSSR count). The molecule has 0 saturated carbocycles. The molecule has 0 spiro atoms. The van der Waals surface area contributed by atoms with Gasteiger partial charge in [-0.2, -0.15) is 0 Å². The summed E-state index contributed by atoms with van der Waals surface area (Å²) in [6.07, 6.45) is 5.27. The average molecular weight is 259 g/mol. The van der Waals surface area contributed by atoms with E-state index in [4.69, 9.17) is 0 Å². The minimum absolute atomic E-state index is 0.731. The molecule has 0 amide bonds. The Hall–Kier alpha value is -0.820. The molecule has 1 atom stereocenters. The lowest BCUT2D eigenvalue weighted by molar-refractivity contribution is 0.141. The Morgan fingerprint density at radius 1 is 1.16 bits per heavy atom. The molecular formula is C18H29N. The Balaban J connectivity index is 1.82. The lowest BCUT2D eigenvalue weighted by atomic mass is 9.96. The predicted octanol–water partition coefficient (Wildman–Crippen LogP) is 4.36. The summed E-state index contributed by atoms with van der Waals surface area (Å²) >= 11 is 0. The second-order valence-electron chi connectivity index (χ2n) is 6.52. The molecule has 1 aliphatic heterocycles. The van der Waals surface area contributed by atoms with E-state index < -0.39 is 0 Å². The summed E-state index contributed by atoms with van der Waals surface area (Å²) in [7, 11) is 0. The van der Waals surface area contributed by atoms with Crippen LogP contribution in [-0.2, 0) is 6.42 Å². The fraction of sp³-hybridized carbons (Fsp3) is 0.667. The first-order valence-corrected chi connectivity index (χ1v) is 7.86. The van der Waals surface area contributed by atoms with Crippen LogP contribution in [0.25, 0.3) is 0 Å². The molecule has 1 unspecified atom stereocenters. The Kier molecular flexibility index (Phi) is 5.04. The van der Waals surface area contributed by atoms with Crippen LogP contribution in [0.2, 0.25) is 0 Å². The summed E-state index contributed by atoms with van der Waals surface area (Å²) in [5.41, 5.74) is 4.33. The van der Waals surface area contributed by atoms with E-state index in [9.17, 15) is 0 Å². The van der Waals surface area contributed by atoms with Crippen LogP contribution in [0.1, 0.15) is 49.8 Å². The van der Waals surface area contributed by atoms with Crippen molar-refractivity contribution in [2.75, 3.05) is 13.1 Å². The highest BCUT2D eigenvalue weighted by atomic mass is 15.2. The summed E-state index contributed by atoms with van der Waals surface area (Å²) < 4.78 is 0. The molecule has 106 valence electrons. The molecule has 1 nitrogen and oxygen atoms in total. The minimum Gasteiger partial charge on any atom is -0.301 e. The largest absolute Gasteiger partial charge is 0.301 e. The topological polar surface area (TPSA) is 3.24 Å². The zero-order valence-corrected chi connectivity index (χ0v) is 13.1. The molecule has 19 heavy (non-hydrogen) atoms. The molecule has 0 bridgehead atoms. The summed E-state index contributed by atoms with van der Waals surface area (Å²) in [5, 5.41) is 0. The Morgan fingerprint density at radius 2 is 1.84 bits per heavy atom. The van der Waals surface area contributed by atoms with E-state index in [2.05, 4.69) is 50.8 Å². The number of hydrogen-bond acceptors (Lipinski definition) is 1. The number of likely N-dealkylation sites (tertiary alicyclic amines) is 1. The minimum atomic E-state index is 0.731. The average Bonchev–Trinajstić information content (AvgIpc) is 2.40. The van der Waals surface area contributed by atoms with Crippen molar-refractivity contribution in [2.24, 2.45) is 5.92 Å². The number of nitrogens with zero attached hydrogens (tertiary/aromatic N) is 1. The third kappa shape index (κ3) is 4.07. The highest BCUT2D eigenvalue weighted by Crippen LogP contribution is 2.20. The first kappa shape index (κ1) is 14.6. The van der Waals surface area contributed by atoms with E-state index in [-0.39, 0.29) is 0 Å². The van der Waals surface area contributed by atoms with Gasteiger partial charge in [-0.25, -0.2) is 0 Å². The molecule has 0 N–H and O–H groups in total. The third-order valence-electron chi connectivity index (χ3n) is 4.86. The maximum absolute atomic E-state index is 2.68. The Morgan fingerprint density at radius 3 is 2.47 bits per heavy atom.